The molecule has 1 N–H and O–H groups in total. The van der Waals surface area contributed by atoms with E-state index in [-0.39, 0.29) is 12.5 Å². The van der Waals surface area contributed by atoms with E-state index in [4.69, 9.17) is 10.00 Å². The second-order valence-corrected chi connectivity index (χ2v) is 9.23. The van der Waals surface area contributed by atoms with Crippen LogP contribution in [-0.4, -0.2) is 48.4 Å². The zero-order valence-corrected chi connectivity index (χ0v) is 19.5. The third-order valence-corrected chi connectivity index (χ3v) is 5.38. The number of nitrogens with zero attached hydrogens (tertiary/aromatic N) is 2. The van der Waals surface area contributed by atoms with Crippen molar-refractivity contribution in [2.45, 2.75) is 37.0 Å². The van der Waals surface area contributed by atoms with Crippen molar-refractivity contribution in [3.05, 3.63) is 65.2 Å². The maximum Gasteiger partial charge on any atom is 0.339 e. The number of hydrogen-bond donors (Lipinski definition) is 1. The Kier molecular flexibility index (Phi) is 8.85. The Bertz CT molecular complexity index is 1010. The number of carbonyl (C=O) groups excluding carboxylic acids is 3. The zero-order valence-electron chi connectivity index (χ0n) is 18.7. The standard InChI is InChI=1S/C24H27N3O4S/c1-24(2,3)26-21(28)14-27(4)22(29)15-31-23(30)19-7-5-6-8-20(19)32-16-18-11-9-17(13-25)10-12-18/h5-12H,14-16H2,1-4H3,(H,26,28). The topological polar surface area (TPSA) is 99.5 Å². The monoisotopic (exact) mass is 453 g/mol. The molecule has 8 heteroatoms. The van der Waals surface area contributed by atoms with Crippen molar-refractivity contribution in [3.63, 3.8) is 0 Å². The number of benzene rings is 2. The van der Waals surface area contributed by atoms with Gasteiger partial charge in [-0.05, 0) is 50.6 Å². The maximum atomic E-state index is 12.6. The number of rotatable bonds is 8. The number of likely N-dealkylation sites (N-methyl/N-ethyl adjacent to an activating group) is 1. The van der Waals surface area contributed by atoms with E-state index >= 15 is 0 Å². The SMILES string of the molecule is CN(CC(=O)NC(C)(C)C)C(=O)COC(=O)c1ccccc1SCc1ccc(C#N)cc1. The van der Waals surface area contributed by atoms with Gasteiger partial charge < -0.3 is 15.0 Å². The van der Waals surface area contributed by atoms with Gasteiger partial charge in [0.15, 0.2) is 6.61 Å². The average molecular weight is 454 g/mol. The number of hydrogen-bond acceptors (Lipinski definition) is 6. The van der Waals surface area contributed by atoms with Gasteiger partial charge in [0, 0.05) is 23.2 Å². The Balaban J connectivity index is 1.92. The average Bonchev–Trinajstić information content (AvgIpc) is 2.74. The van der Waals surface area contributed by atoms with Crippen LogP contribution < -0.4 is 5.32 Å². The van der Waals surface area contributed by atoms with E-state index < -0.39 is 24.0 Å². The zero-order chi connectivity index (χ0) is 23.7. The van der Waals surface area contributed by atoms with Gasteiger partial charge in [-0.1, -0.05) is 24.3 Å². The molecule has 0 fully saturated rings. The quantitative estimate of drug-likeness (QED) is 0.486. The van der Waals surface area contributed by atoms with Crippen LogP contribution in [0, 0.1) is 11.3 Å². The minimum Gasteiger partial charge on any atom is -0.452 e. The summed E-state index contributed by atoms with van der Waals surface area (Å²) in [6, 6.07) is 16.3. The lowest BCUT2D eigenvalue weighted by atomic mass is 10.1. The molecule has 0 saturated carbocycles. The molecule has 0 aliphatic carbocycles. The number of amides is 2. The van der Waals surface area contributed by atoms with E-state index in [1.54, 1.807) is 24.3 Å². The summed E-state index contributed by atoms with van der Waals surface area (Å²) in [6.45, 7) is 4.99. The molecule has 0 heterocycles. The second-order valence-electron chi connectivity index (χ2n) is 8.22. The highest BCUT2D eigenvalue weighted by molar-refractivity contribution is 7.98. The van der Waals surface area contributed by atoms with Gasteiger partial charge in [-0.15, -0.1) is 11.8 Å². The summed E-state index contributed by atoms with van der Waals surface area (Å²) < 4.78 is 5.21. The van der Waals surface area contributed by atoms with Crippen LogP contribution in [0.1, 0.15) is 42.3 Å². The Morgan fingerprint density at radius 1 is 1.09 bits per heavy atom. The number of ether oxygens (including phenoxy) is 1. The fourth-order valence-corrected chi connectivity index (χ4v) is 3.67. The van der Waals surface area contributed by atoms with E-state index in [0.717, 1.165) is 10.5 Å². The first kappa shape index (κ1) is 25.0. The minimum atomic E-state index is -0.603. The maximum absolute atomic E-state index is 12.6. The lowest BCUT2D eigenvalue weighted by Gasteiger charge is -2.23. The second kappa shape index (κ2) is 11.3. The normalized spacial score (nSPS) is 10.7. The first-order chi connectivity index (χ1) is 15.1. The molecule has 0 saturated heterocycles. The van der Waals surface area contributed by atoms with Crippen LogP contribution in [0.25, 0.3) is 0 Å². The molecular weight excluding hydrogens is 426 g/mol. The number of thioether (sulfide) groups is 1. The summed E-state index contributed by atoms with van der Waals surface area (Å²) in [4.78, 5) is 38.8. The molecule has 0 aliphatic rings. The van der Waals surface area contributed by atoms with Crippen LogP contribution in [0.5, 0.6) is 0 Å². The van der Waals surface area contributed by atoms with Crippen molar-refractivity contribution in [1.82, 2.24) is 10.2 Å². The van der Waals surface area contributed by atoms with E-state index in [1.165, 1.54) is 23.7 Å². The fraction of sp³-hybridized carbons (Fsp3) is 0.333. The van der Waals surface area contributed by atoms with Crippen molar-refractivity contribution < 1.29 is 19.1 Å². The third kappa shape index (κ3) is 8.08. The van der Waals surface area contributed by atoms with E-state index in [9.17, 15) is 14.4 Å². The Morgan fingerprint density at radius 3 is 2.38 bits per heavy atom. The minimum absolute atomic E-state index is 0.120. The van der Waals surface area contributed by atoms with Crippen molar-refractivity contribution in [3.8, 4) is 6.07 Å². The molecule has 2 amide bonds. The Labute approximate surface area is 192 Å². The molecule has 0 aromatic heterocycles. The highest BCUT2D eigenvalue weighted by Crippen LogP contribution is 2.27. The Hall–Kier alpha value is -3.31. The lowest BCUT2D eigenvalue weighted by molar-refractivity contribution is -0.137. The molecule has 0 radical (unpaired) electrons. The molecule has 32 heavy (non-hydrogen) atoms. The number of nitrogens with one attached hydrogen (secondary N) is 1. The fourth-order valence-electron chi connectivity index (χ4n) is 2.67. The highest BCUT2D eigenvalue weighted by Gasteiger charge is 2.20. The molecule has 168 valence electrons. The van der Waals surface area contributed by atoms with E-state index in [2.05, 4.69) is 11.4 Å². The van der Waals surface area contributed by atoms with Crippen molar-refractivity contribution in [2.75, 3.05) is 20.2 Å². The summed E-state index contributed by atoms with van der Waals surface area (Å²) >= 11 is 1.46. The van der Waals surface area contributed by atoms with Gasteiger partial charge in [0.1, 0.15) is 0 Å². The number of esters is 1. The summed E-state index contributed by atoms with van der Waals surface area (Å²) in [7, 11) is 1.49. The molecule has 2 aromatic carbocycles. The molecule has 2 rings (SSSR count). The molecule has 0 bridgehead atoms. The van der Waals surface area contributed by atoms with Crippen molar-refractivity contribution in [2.24, 2.45) is 0 Å². The largest absolute Gasteiger partial charge is 0.452 e. The first-order valence-electron chi connectivity index (χ1n) is 10.0. The van der Waals surface area contributed by atoms with E-state index in [1.807, 2.05) is 45.0 Å². The summed E-state index contributed by atoms with van der Waals surface area (Å²) in [5.74, 6) is -0.747. The van der Waals surface area contributed by atoms with Crippen LogP contribution in [0.3, 0.4) is 0 Å². The van der Waals surface area contributed by atoms with Crippen molar-refractivity contribution in [1.29, 1.82) is 5.26 Å². The molecule has 0 aliphatic heterocycles. The van der Waals surface area contributed by atoms with E-state index in [0.29, 0.717) is 16.9 Å². The van der Waals surface area contributed by atoms with Crippen LogP contribution in [-0.2, 0) is 20.1 Å². The predicted octanol–water partition coefficient (Wildman–Crippen LogP) is 3.38. The van der Waals surface area contributed by atoms with Crippen LogP contribution in [0.2, 0.25) is 0 Å². The summed E-state index contributed by atoms with van der Waals surface area (Å²) in [5, 5.41) is 11.7. The predicted molar refractivity (Wildman–Crippen MR) is 123 cm³/mol. The molecule has 0 atom stereocenters. The van der Waals surface area contributed by atoms with Crippen LogP contribution in [0.15, 0.2) is 53.4 Å². The van der Waals surface area contributed by atoms with Gasteiger partial charge in [-0.2, -0.15) is 5.26 Å². The summed E-state index contributed by atoms with van der Waals surface area (Å²) in [5.41, 5.74) is 1.58. The summed E-state index contributed by atoms with van der Waals surface area (Å²) in [6.07, 6.45) is 0. The van der Waals surface area contributed by atoms with Crippen LogP contribution >= 0.6 is 11.8 Å². The molecule has 2 aromatic rings. The smallest absolute Gasteiger partial charge is 0.339 e. The van der Waals surface area contributed by atoms with Gasteiger partial charge in [-0.3, -0.25) is 9.59 Å². The highest BCUT2D eigenvalue weighted by atomic mass is 32.2. The van der Waals surface area contributed by atoms with Crippen molar-refractivity contribution >= 4 is 29.5 Å². The van der Waals surface area contributed by atoms with Gasteiger partial charge in [0.05, 0.1) is 23.7 Å². The Morgan fingerprint density at radius 2 is 1.75 bits per heavy atom. The number of carbonyl (C=O) groups is 3. The molecule has 0 unspecified atom stereocenters. The molecule has 7 nitrogen and oxygen atoms in total. The van der Waals surface area contributed by atoms with Gasteiger partial charge in [0.25, 0.3) is 5.91 Å². The lowest BCUT2D eigenvalue weighted by Crippen LogP contribution is -2.46. The number of nitriles is 1. The van der Waals surface area contributed by atoms with Crippen LogP contribution in [0.4, 0.5) is 0 Å². The third-order valence-electron chi connectivity index (χ3n) is 4.23. The first-order valence-corrected chi connectivity index (χ1v) is 11.0. The van der Waals surface area contributed by atoms with Gasteiger partial charge in [-0.25, -0.2) is 4.79 Å². The molecular formula is C24H27N3O4S. The van der Waals surface area contributed by atoms with Gasteiger partial charge >= 0.3 is 5.97 Å². The molecule has 0 spiro atoms. The van der Waals surface area contributed by atoms with Gasteiger partial charge in [0.2, 0.25) is 5.91 Å².